The highest BCUT2D eigenvalue weighted by Gasteiger charge is 2.22. The maximum atomic E-state index is 12.2. The van der Waals surface area contributed by atoms with Crippen molar-refractivity contribution in [3.05, 3.63) is 82.4 Å². The first-order valence-electron chi connectivity index (χ1n) is 12.9. The summed E-state index contributed by atoms with van der Waals surface area (Å²) in [6.07, 6.45) is -1.08. The number of nitrogens with one attached hydrogen (secondary N) is 1. The van der Waals surface area contributed by atoms with Gasteiger partial charge in [0, 0.05) is 23.2 Å². The summed E-state index contributed by atoms with van der Waals surface area (Å²) in [6.45, 7) is 8.10. The van der Waals surface area contributed by atoms with Crippen LogP contribution in [0.1, 0.15) is 61.6 Å². The summed E-state index contributed by atoms with van der Waals surface area (Å²) in [5.41, 5.74) is 5.61. The summed E-state index contributed by atoms with van der Waals surface area (Å²) in [5.74, 6) is 0.881. The van der Waals surface area contributed by atoms with Crippen LogP contribution in [0.15, 0.2) is 54.6 Å². The van der Waals surface area contributed by atoms with Gasteiger partial charge in [-0.25, -0.2) is 4.79 Å². The van der Waals surface area contributed by atoms with E-state index in [9.17, 15) is 14.7 Å². The fraction of sp³-hybridized carbons (Fsp3) is 0.355. The normalized spacial score (nSPS) is 12.9. The van der Waals surface area contributed by atoms with Crippen molar-refractivity contribution in [2.75, 3.05) is 7.11 Å². The van der Waals surface area contributed by atoms with Gasteiger partial charge >= 0.3 is 12.1 Å². The minimum Gasteiger partial charge on any atom is -0.489 e. The molecule has 0 saturated heterocycles. The lowest BCUT2D eigenvalue weighted by atomic mass is 9.93. The Hall–Kier alpha value is -4.04. The van der Waals surface area contributed by atoms with E-state index in [2.05, 4.69) is 11.4 Å². The van der Waals surface area contributed by atoms with E-state index in [0.29, 0.717) is 23.5 Å². The van der Waals surface area contributed by atoms with Crippen LogP contribution in [-0.2, 0) is 40.4 Å². The molecule has 8 heteroatoms. The lowest BCUT2D eigenvalue weighted by Crippen LogP contribution is -2.32. The topological polar surface area (TPSA) is 103 Å². The van der Waals surface area contributed by atoms with Crippen molar-refractivity contribution < 1.29 is 33.6 Å². The Balaban J connectivity index is 1.54. The second-order valence-corrected chi connectivity index (χ2v) is 10.5. The standard InChI is InChI=1S/C31H35NO7/c1-19(33)21-11-12-22(15-28(34)36-5)27(14-21)37-17-20-9-10-24-18-38-29-23(7-6-8-25(29)26(24)13-20)16-32-30(35)39-31(2,3)4/h6-14,19,33H,15-18H2,1-5H3,(H,32,35)/t19-/m0/s1. The van der Waals surface area contributed by atoms with Crippen LogP contribution in [0, 0.1) is 0 Å². The Morgan fingerprint density at radius 2 is 1.85 bits per heavy atom. The average Bonchev–Trinajstić information content (AvgIpc) is 2.89. The molecule has 1 amide bonds. The van der Waals surface area contributed by atoms with Crippen LogP contribution in [0.5, 0.6) is 11.5 Å². The number of amides is 1. The summed E-state index contributed by atoms with van der Waals surface area (Å²) in [6, 6.07) is 17.2. The van der Waals surface area contributed by atoms with Crippen molar-refractivity contribution in [2.24, 2.45) is 0 Å². The molecular formula is C31H35NO7. The predicted molar refractivity (Wildman–Crippen MR) is 146 cm³/mol. The second kappa shape index (κ2) is 11.8. The van der Waals surface area contributed by atoms with E-state index < -0.39 is 17.8 Å². The molecule has 0 fully saturated rings. The van der Waals surface area contributed by atoms with Gasteiger partial charge in [0.1, 0.15) is 30.3 Å². The molecule has 8 nitrogen and oxygen atoms in total. The monoisotopic (exact) mass is 533 g/mol. The number of hydrogen-bond acceptors (Lipinski definition) is 7. The van der Waals surface area contributed by atoms with Crippen LogP contribution >= 0.6 is 0 Å². The third-order valence-electron chi connectivity index (χ3n) is 6.29. The number of hydrogen-bond donors (Lipinski definition) is 2. The number of esters is 1. The fourth-order valence-corrected chi connectivity index (χ4v) is 4.33. The quantitative estimate of drug-likeness (QED) is 0.362. The van der Waals surface area contributed by atoms with Gasteiger partial charge in [0.05, 0.1) is 19.6 Å². The molecule has 3 aromatic rings. The first-order chi connectivity index (χ1) is 18.5. The molecule has 0 spiro atoms. The van der Waals surface area contributed by atoms with E-state index in [0.717, 1.165) is 33.6 Å². The lowest BCUT2D eigenvalue weighted by Gasteiger charge is -2.24. The molecule has 1 aliphatic heterocycles. The molecule has 206 valence electrons. The summed E-state index contributed by atoms with van der Waals surface area (Å²) in [7, 11) is 1.35. The maximum Gasteiger partial charge on any atom is 0.407 e. The first-order valence-corrected chi connectivity index (χ1v) is 12.9. The molecular weight excluding hydrogens is 498 g/mol. The van der Waals surface area contributed by atoms with Crippen LogP contribution in [0.2, 0.25) is 0 Å². The largest absolute Gasteiger partial charge is 0.489 e. The first kappa shape index (κ1) is 28.0. The van der Waals surface area contributed by atoms with Gasteiger partial charge in [-0.1, -0.05) is 42.5 Å². The van der Waals surface area contributed by atoms with E-state index in [1.807, 2.05) is 51.1 Å². The SMILES string of the molecule is COC(=O)Cc1ccc([C@H](C)O)cc1OCc1ccc2c(c1)-c1cccc(CNC(=O)OC(C)(C)C)c1OC2. The Morgan fingerprint density at radius 1 is 1.05 bits per heavy atom. The highest BCUT2D eigenvalue weighted by atomic mass is 16.6. The zero-order chi connectivity index (χ0) is 28.2. The van der Waals surface area contributed by atoms with Crippen LogP contribution < -0.4 is 14.8 Å². The Morgan fingerprint density at radius 3 is 2.56 bits per heavy atom. The maximum absolute atomic E-state index is 12.2. The number of para-hydroxylation sites is 1. The molecule has 2 N–H and O–H groups in total. The Kier molecular flexibility index (Phi) is 8.45. The molecule has 3 aromatic carbocycles. The fourth-order valence-electron chi connectivity index (χ4n) is 4.33. The third kappa shape index (κ3) is 7.09. The summed E-state index contributed by atoms with van der Waals surface area (Å²) in [5, 5.41) is 12.8. The van der Waals surface area contributed by atoms with Crippen molar-refractivity contribution in [1.82, 2.24) is 5.32 Å². The average molecular weight is 534 g/mol. The molecule has 0 saturated carbocycles. The molecule has 0 aliphatic carbocycles. The van der Waals surface area contributed by atoms with Crippen LogP contribution in [0.25, 0.3) is 11.1 Å². The smallest absolute Gasteiger partial charge is 0.407 e. The van der Waals surface area contributed by atoms with Crippen molar-refractivity contribution in [1.29, 1.82) is 0 Å². The van der Waals surface area contributed by atoms with E-state index in [1.54, 1.807) is 25.1 Å². The molecule has 39 heavy (non-hydrogen) atoms. The highest BCUT2D eigenvalue weighted by Crippen LogP contribution is 2.40. The van der Waals surface area contributed by atoms with Gasteiger partial charge in [-0.2, -0.15) is 0 Å². The Bertz CT molecular complexity index is 1360. The number of ether oxygens (including phenoxy) is 4. The molecule has 4 rings (SSSR count). The number of aliphatic hydroxyl groups is 1. The zero-order valence-electron chi connectivity index (χ0n) is 23.0. The zero-order valence-corrected chi connectivity index (χ0v) is 23.0. The van der Waals surface area contributed by atoms with Gasteiger partial charge in [0.25, 0.3) is 0 Å². The summed E-state index contributed by atoms with van der Waals surface area (Å²) >= 11 is 0. The molecule has 0 bridgehead atoms. The van der Waals surface area contributed by atoms with Crippen molar-refractivity contribution in [3.8, 4) is 22.6 Å². The van der Waals surface area contributed by atoms with Gasteiger partial charge in [0.2, 0.25) is 0 Å². The van der Waals surface area contributed by atoms with Gasteiger partial charge in [-0.05, 0) is 62.1 Å². The van der Waals surface area contributed by atoms with E-state index in [-0.39, 0.29) is 25.5 Å². The minimum atomic E-state index is -0.668. The number of carbonyl (C=O) groups is 2. The number of aliphatic hydroxyl groups excluding tert-OH is 1. The van der Waals surface area contributed by atoms with Crippen LogP contribution in [0.3, 0.4) is 0 Å². The second-order valence-electron chi connectivity index (χ2n) is 10.5. The molecule has 1 atom stereocenters. The van der Waals surface area contributed by atoms with Gasteiger partial charge in [0.15, 0.2) is 0 Å². The van der Waals surface area contributed by atoms with E-state index in [1.165, 1.54) is 7.11 Å². The van der Waals surface area contributed by atoms with Crippen molar-refractivity contribution in [3.63, 3.8) is 0 Å². The summed E-state index contributed by atoms with van der Waals surface area (Å²) < 4.78 is 22.4. The summed E-state index contributed by atoms with van der Waals surface area (Å²) in [4.78, 5) is 24.1. The van der Waals surface area contributed by atoms with Gasteiger partial charge in [-0.15, -0.1) is 0 Å². The highest BCUT2D eigenvalue weighted by molar-refractivity contribution is 5.77. The van der Waals surface area contributed by atoms with Crippen molar-refractivity contribution in [2.45, 2.75) is 65.6 Å². The van der Waals surface area contributed by atoms with E-state index in [4.69, 9.17) is 18.9 Å². The third-order valence-corrected chi connectivity index (χ3v) is 6.29. The molecule has 0 unspecified atom stereocenters. The predicted octanol–water partition coefficient (Wildman–Crippen LogP) is 5.62. The lowest BCUT2D eigenvalue weighted by molar-refractivity contribution is -0.139. The number of carbonyl (C=O) groups excluding carboxylic acids is 2. The number of rotatable bonds is 8. The van der Waals surface area contributed by atoms with Gasteiger partial charge < -0.3 is 29.4 Å². The number of benzene rings is 3. The number of methoxy groups -OCH3 is 1. The molecule has 1 heterocycles. The molecule has 0 aromatic heterocycles. The van der Waals surface area contributed by atoms with E-state index >= 15 is 0 Å². The molecule has 0 radical (unpaired) electrons. The molecule has 1 aliphatic rings. The van der Waals surface area contributed by atoms with Crippen molar-refractivity contribution >= 4 is 12.1 Å². The minimum absolute atomic E-state index is 0.0704. The van der Waals surface area contributed by atoms with Crippen LogP contribution in [-0.4, -0.2) is 29.9 Å². The number of alkyl carbamates (subject to hydrolysis) is 1. The van der Waals surface area contributed by atoms with Gasteiger partial charge in [-0.3, -0.25) is 4.79 Å². The Labute approximate surface area is 228 Å². The number of fused-ring (bicyclic) bond motifs is 3. The van der Waals surface area contributed by atoms with Crippen LogP contribution in [0.4, 0.5) is 4.79 Å².